The summed E-state index contributed by atoms with van der Waals surface area (Å²) in [5.41, 5.74) is 1.57. The van der Waals surface area contributed by atoms with Crippen LogP contribution in [0.2, 0.25) is 0 Å². The van der Waals surface area contributed by atoms with Gasteiger partial charge in [-0.2, -0.15) is 0 Å². The summed E-state index contributed by atoms with van der Waals surface area (Å²) in [6.45, 7) is 3.44. The molecule has 188 valence electrons. The van der Waals surface area contributed by atoms with Gasteiger partial charge in [0.1, 0.15) is 18.9 Å². The van der Waals surface area contributed by atoms with E-state index in [4.69, 9.17) is 9.47 Å². The monoisotopic (exact) mass is 489 g/mol. The molecular weight excluding hydrogens is 458 g/mol. The van der Waals surface area contributed by atoms with Crippen molar-refractivity contribution in [1.82, 2.24) is 10.2 Å². The Bertz CT molecular complexity index is 1230. The number of anilines is 1. The molecule has 3 heterocycles. The van der Waals surface area contributed by atoms with Crippen LogP contribution >= 0.6 is 0 Å². The molecular formula is C28H31N3O5. The molecule has 4 aliphatic rings. The lowest BCUT2D eigenvalue weighted by Gasteiger charge is -2.48. The van der Waals surface area contributed by atoms with Gasteiger partial charge in [0.25, 0.3) is 5.91 Å². The van der Waals surface area contributed by atoms with Gasteiger partial charge in [-0.25, -0.2) is 0 Å². The number of amides is 3. The molecule has 2 unspecified atom stereocenters. The normalized spacial score (nSPS) is 23.2. The van der Waals surface area contributed by atoms with E-state index in [0.29, 0.717) is 62.6 Å². The van der Waals surface area contributed by atoms with Crippen LogP contribution in [0.3, 0.4) is 0 Å². The van der Waals surface area contributed by atoms with Crippen LogP contribution in [0, 0.1) is 5.92 Å². The summed E-state index contributed by atoms with van der Waals surface area (Å²) < 4.78 is 11.4. The second-order valence-corrected chi connectivity index (χ2v) is 10.3. The first-order chi connectivity index (χ1) is 17.5. The summed E-state index contributed by atoms with van der Waals surface area (Å²) in [6, 6.07) is 13.1. The standard InChI is InChI=1S/C28H31N3O5/c1-28-13-12-25(33)31(28)21-6-3-2-5-20(21)27(34)30(28)14-4-7-24(32)29-26(18-8-9-18)19-10-11-22-23(17-19)36-16-15-35-22/h2-3,5-6,10-11,17-18,26H,4,7-9,12-16H2,1H3,(H,29,32). The fourth-order valence-electron chi connectivity index (χ4n) is 5.84. The number of rotatable bonds is 7. The molecule has 8 heteroatoms. The Morgan fingerprint density at radius 2 is 1.89 bits per heavy atom. The highest BCUT2D eigenvalue weighted by molar-refractivity contribution is 6.10. The number of hydrogen-bond donors (Lipinski definition) is 1. The van der Waals surface area contributed by atoms with Crippen LogP contribution < -0.4 is 19.7 Å². The van der Waals surface area contributed by atoms with Crippen molar-refractivity contribution in [1.29, 1.82) is 0 Å². The maximum Gasteiger partial charge on any atom is 0.257 e. The summed E-state index contributed by atoms with van der Waals surface area (Å²) in [4.78, 5) is 42.7. The first-order valence-electron chi connectivity index (χ1n) is 12.9. The Balaban J connectivity index is 1.12. The van der Waals surface area contributed by atoms with E-state index in [0.717, 1.165) is 29.9 Å². The highest BCUT2D eigenvalue weighted by Crippen LogP contribution is 2.45. The van der Waals surface area contributed by atoms with Crippen molar-refractivity contribution in [2.24, 2.45) is 5.92 Å². The lowest BCUT2D eigenvalue weighted by molar-refractivity contribution is -0.122. The molecule has 0 spiro atoms. The molecule has 8 nitrogen and oxygen atoms in total. The fraction of sp³-hybridized carbons (Fsp3) is 0.464. The number of ether oxygens (including phenoxy) is 2. The maximum atomic E-state index is 13.4. The van der Waals surface area contributed by atoms with Crippen LogP contribution in [0.5, 0.6) is 11.5 Å². The molecule has 1 N–H and O–H groups in total. The number of hydrogen-bond acceptors (Lipinski definition) is 5. The highest BCUT2D eigenvalue weighted by atomic mass is 16.6. The molecule has 0 bridgehead atoms. The van der Waals surface area contributed by atoms with Crippen LogP contribution in [-0.4, -0.2) is 48.0 Å². The molecule has 3 aliphatic heterocycles. The first kappa shape index (κ1) is 22.9. The van der Waals surface area contributed by atoms with E-state index in [9.17, 15) is 14.4 Å². The number of carbonyl (C=O) groups excluding carboxylic acids is 3. The van der Waals surface area contributed by atoms with Gasteiger partial charge >= 0.3 is 0 Å². The van der Waals surface area contributed by atoms with Gasteiger partial charge < -0.3 is 19.7 Å². The lowest BCUT2D eigenvalue weighted by Crippen LogP contribution is -2.62. The molecule has 2 aromatic carbocycles. The van der Waals surface area contributed by atoms with Gasteiger partial charge in [0.05, 0.1) is 17.3 Å². The van der Waals surface area contributed by atoms with Crippen LogP contribution in [0.1, 0.15) is 67.4 Å². The third-order valence-electron chi connectivity index (χ3n) is 7.87. The van der Waals surface area contributed by atoms with Crippen molar-refractivity contribution >= 4 is 23.4 Å². The summed E-state index contributed by atoms with van der Waals surface area (Å²) >= 11 is 0. The third kappa shape index (κ3) is 3.88. The predicted octanol–water partition coefficient (Wildman–Crippen LogP) is 3.80. The number of benzene rings is 2. The quantitative estimate of drug-likeness (QED) is 0.639. The Hall–Kier alpha value is -3.55. The summed E-state index contributed by atoms with van der Waals surface area (Å²) in [6.07, 6.45) is 4.01. The fourth-order valence-corrected chi connectivity index (χ4v) is 5.84. The van der Waals surface area contributed by atoms with Crippen molar-refractivity contribution in [2.75, 3.05) is 24.7 Å². The Kier molecular flexibility index (Phi) is 5.62. The summed E-state index contributed by atoms with van der Waals surface area (Å²) in [7, 11) is 0. The van der Waals surface area contributed by atoms with Crippen molar-refractivity contribution in [2.45, 2.75) is 57.2 Å². The van der Waals surface area contributed by atoms with E-state index in [-0.39, 0.29) is 23.8 Å². The van der Waals surface area contributed by atoms with Gasteiger partial charge in [-0.15, -0.1) is 0 Å². The van der Waals surface area contributed by atoms with Crippen molar-refractivity contribution in [3.63, 3.8) is 0 Å². The second-order valence-electron chi connectivity index (χ2n) is 10.3. The number of nitrogens with one attached hydrogen (secondary N) is 1. The minimum Gasteiger partial charge on any atom is -0.486 e. The highest BCUT2D eigenvalue weighted by Gasteiger charge is 2.52. The zero-order chi connectivity index (χ0) is 24.9. The van der Waals surface area contributed by atoms with Crippen LogP contribution in [0.15, 0.2) is 42.5 Å². The van der Waals surface area contributed by atoms with Gasteiger partial charge in [0.15, 0.2) is 11.5 Å². The van der Waals surface area contributed by atoms with E-state index < -0.39 is 5.66 Å². The molecule has 1 saturated heterocycles. The SMILES string of the molecule is CC12CCC(=O)N1c1ccccc1C(=O)N2CCCC(=O)NC(c1ccc2c(c1)OCCO2)C1CC1. The van der Waals surface area contributed by atoms with E-state index in [2.05, 4.69) is 5.32 Å². The minimum atomic E-state index is -0.694. The first-order valence-corrected chi connectivity index (χ1v) is 12.9. The molecule has 2 atom stereocenters. The Morgan fingerprint density at radius 3 is 2.69 bits per heavy atom. The third-order valence-corrected chi connectivity index (χ3v) is 7.87. The Labute approximate surface area is 210 Å². The zero-order valence-electron chi connectivity index (χ0n) is 20.5. The number of fused-ring (bicyclic) bond motifs is 4. The molecule has 1 saturated carbocycles. The van der Waals surface area contributed by atoms with Gasteiger partial charge in [-0.05, 0) is 68.4 Å². The number of nitrogens with zero attached hydrogens (tertiary/aromatic N) is 2. The molecule has 0 aromatic heterocycles. The average molecular weight is 490 g/mol. The topological polar surface area (TPSA) is 88.2 Å². The van der Waals surface area contributed by atoms with E-state index >= 15 is 0 Å². The second kappa shape index (κ2) is 8.84. The van der Waals surface area contributed by atoms with Crippen molar-refractivity contribution < 1.29 is 23.9 Å². The Morgan fingerprint density at radius 1 is 1.11 bits per heavy atom. The van der Waals surface area contributed by atoms with Gasteiger partial charge in [-0.1, -0.05) is 18.2 Å². The molecule has 1 aliphatic carbocycles. The van der Waals surface area contributed by atoms with Crippen molar-refractivity contribution in [3.05, 3.63) is 53.6 Å². The van der Waals surface area contributed by atoms with E-state index in [1.807, 2.05) is 43.3 Å². The smallest absolute Gasteiger partial charge is 0.257 e. The average Bonchev–Trinajstić information content (AvgIpc) is 3.68. The minimum absolute atomic E-state index is 0.0313. The molecule has 2 fully saturated rings. The van der Waals surface area contributed by atoms with Crippen LogP contribution in [-0.2, 0) is 9.59 Å². The predicted molar refractivity (Wildman–Crippen MR) is 133 cm³/mol. The number of carbonyl (C=O) groups is 3. The molecule has 6 rings (SSSR count). The zero-order valence-corrected chi connectivity index (χ0v) is 20.5. The maximum absolute atomic E-state index is 13.4. The molecule has 0 radical (unpaired) electrons. The summed E-state index contributed by atoms with van der Waals surface area (Å²) in [5, 5.41) is 3.23. The van der Waals surface area contributed by atoms with Crippen LogP contribution in [0.4, 0.5) is 5.69 Å². The molecule has 3 amide bonds. The lowest BCUT2D eigenvalue weighted by atomic mass is 9.97. The molecule has 36 heavy (non-hydrogen) atoms. The molecule has 2 aromatic rings. The van der Waals surface area contributed by atoms with Crippen LogP contribution in [0.25, 0.3) is 0 Å². The van der Waals surface area contributed by atoms with Gasteiger partial charge in [0, 0.05) is 19.4 Å². The largest absolute Gasteiger partial charge is 0.486 e. The van der Waals surface area contributed by atoms with Crippen molar-refractivity contribution in [3.8, 4) is 11.5 Å². The number of para-hydroxylation sites is 1. The summed E-state index contributed by atoms with van der Waals surface area (Å²) in [5.74, 6) is 1.82. The van der Waals surface area contributed by atoms with Gasteiger partial charge in [-0.3, -0.25) is 19.3 Å². The van der Waals surface area contributed by atoms with E-state index in [1.54, 1.807) is 15.9 Å². The van der Waals surface area contributed by atoms with E-state index in [1.165, 1.54) is 0 Å². The van der Waals surface area contributed by atoms with Gasteiger partial charge in [0.2, 0.25) is 11.8 Å².